The van der Waals surface area contributed by atoms with Gasteiger partial charge in [0.2, 0.25) is 0 Å². The molecule has 1 fully saturated rings. The second-order valence-electron chi connectivity index (χ2n) is 6.96. The van der Waals surface area contributed by atoms with Crippen molar-refractivity contribution in [1.82, 2.24) is 10.2 Å². The van der Waals surface area contributed by atoms with Crippen LogP contribution in [0.1, 0.15) is 45.6 Å². The molecular weight excluding hydrogens is 276 g/mol. The van der Waals surface area contributed by atoms with Gasteiger partial charge in [-0.2, -0.15) is 0 Å². The summed E-state index contributed by atoms with van der Waals surface area (Å²) in [6, 6.07) is 10.9. The number of likely N-dealkylation sites (tertiary alicyclic amines) is 1. The lowest BCUT2D eigenvalue weighted by atomic mass is 10.1. The quantitative estimate of drug-likeness (QED) is 0.928. The maximum Gasteiger partial charge on any atom is 0.410 e. The van der Waals surface area contributed by atoms with E-state index in [0.717, 1.165) is 38.9 Å². The summed E-state index contributed by atoms with van der Waals surface area (Å²) < 4.78 is 5.46. The van der Waals surface area contributed by atoms with Gasteiger partial charge in [-0.1, -0.05) is 30.3 Å². The summed E-state index contributed by atoms with van der Waals surface area (Å²) in [6.07, 6.45) is 2.92. The van der Waals surface area contributed by atoms with Crippen LogP contribution in [-0.4, -0.2) is 35.7 Å². The number of carbonyl (C=O) groups is 1. The smallest absolute Gasteiger partial charge is 0.410 e. The molecule has 1 aromatic carbocycles. The molecule has 4 heteroatoms. The lowest BCUT2D eigenvalue weighted by Gasteiger charge is -2.26. The van der Waals surface area contributed by atoms with Gasteiger partial charge in [0.1, 0.15) is 5.60 Å². The number of carbonyl (C=O) groups excluding carboxylic acids is 1. The van der Waals surface area contributed by atoms with Crippen molar-refractivity contribution in [2.24, 2.45) is 0 Å². The van der Waals surface area contributed by atoms with Crippen molar-refractivity contribution in [2.75, 3.05) is 13.1 Å². The lowest BCUT2D eigenvalue weighted by molar-refractivity contribution is 0.0256. The molecule has 4 nitrogen and oxygen atoms in total. The third-order valence-corrected chi connectivity index (χ3v) is 3.82. The van der Waals surface area contributed by atoms with E-state index < -0.39 is 5.60 Å². The van der Waals surface area contributed by atoms with Crippen LogP contribution < -0.4 is 5.32 Å². The number of rotatable bonds is 3. The molecule has 122 valence electrons. The minimum absolute atomic E-state index is 0.184. The summed E-state index contributed by atoms with van der Waals surface area (Å²) in [5.74, 6) is 0. The molecule has 0 unspecified atom stereocenters. The second kappa shape index (κ2) is 7.63. The van der Waals surface area contributed by atoms with Gasteiger partial charge in [-0.05, 0) is 45.6 Å². The van der Waals surface area contributed by atoms with Crippen molar-refractivity contribution in [3.05, 3.63) is 35.9 Å². The third kappa shape index (κ3) is 5.68. The predicted octanol–water partition coefficient (Wildman–Crippen LogP) is 3.57. The molecular formula is C18H28N2O2. The molecule has 2 rings (SSSR count). The first-order valence-electron chi connectivity index (χ1n) is 8.19. The summed E-state index contributed by atoms with van der Waals surface area (Å²) in [5, 5.41) is 3.61. The minimum Gasteiger partial charge on any atom is -0.444 e. The van der Waals surface area contributed by atoms with E-state index in [2.05, 4.69) is 29.6 Å². The van der Waals surface area contributed by atoms with Crippen LogP contribution in [0.3, 0.4) is 0 Å². The van der Waals surface area contributed by atoms with E-state index in [1.54, 1.807) is 0 Å². The zero-order chi connectivity index (χ0) is 16.0. The highest BCUT2D eigenvalue weighted by Crippen LogP contribution is 2.16. The molecule has 0 bridgehead atoms. The Morgan fingerprint density at radius 3 is 2.64 bits per heavy atom. The number of nitrogens with one attached hydrogen (secondary N) is 1. The number of hydrogen-bond donors (Lipinski definition) is 1. The van der Waals surface area contributed by atoms with E-state index >= 15 is 0 Å². The van der Waals surface area contributed by atoms with Crippen LogP contribution in [0.4, 0.5) is 4.79 Å². The fraction of sp³-hybridized carbons (Fsp3) is 0.611. The molecule has 1 saturated heterocycles. The molecule has 1 amide bonds. The second-order valence-corrected chi connectivity index (χ2v) is 6.96. The van der Waals surface area contributed by atoms with Crippen LogP contribution in [0, 0.1) is 0 Å². The van der Waals surface area contributed by atoms with Crippen LogP contribution in [0.2, 0.25) is 0 Å². The summed E-state index contributed by atoms with van der Waals surface area (Å²) >= 11 is 0. The molecule has 22 heavy (non-hydrogen) atoms. The number of hydrogen-bond acceptors (Lipinski definition) is 3. The molecule has 0 aromatic heterocycles. The van der Waals surface area contributed by atoms with Gasteiger partial charge in [-0.3, -0.25) is 0 Å². The predicted molar refractivity (Wildman–Crippen MR) is 88.7 cm³/mol. The van der Waals surface area contributed by atoms with Gasteiger partial charge < -0.3 is 15.0 Å². The van der Waals surface area contributed by atoms with E-state index in [4.69, 9.17) is 4.74 Å². The van der Waals surface area contributed by atoms with Gasteiger partial charge in [0.05, 0.1) is 0 Å². The van der Waals surface area contributed by atoms with Crippen molar-refractivity contribution in [3.63, 3.8) is 0 Å². The molecule has 0 radical (unpaired) electrons. The number of ether oxygens (including phenoxy) is 1. The topological polar surface area (TPSA) is 41.6 Å². The number of amides is 1. The van der Waals surface area contributed by atoms with Crippen LogP contribution in [-0.2, 0) is 11.3 Å². The van der Waals surface area contributed by atoms with Gasteiger partial charge in [0.25, 0.3) is 0 Å². The largest absolute Gasteiger partial charge is 0.444 e. The van der Waals surface area contributed by atoms with E-state index in [0.29, 0.717) is 6.04 Å². The lowest BCUT2D eigenvalue weighted by Crippen LogP contribution is -2.38. The minimum atomic E-state index is -0.422. The van der Waals surface area contributed by atoms with Crippen molar-refractivity contribution in [3.8, 4) is 0 Å². The van der Waals surface area contributed by atoms with E-state index in [9.17, 15) is 4.79 Å². The van der Waals surface area contributed by atoms with E-state index in [-0.39, 0.29) is 6.09 Å². The fourth-order valence-electron chi connectivity index (χ4n) is 2.67. The Balaban J connectivity index is 1.78. The molecule has 1 heterocycles. The van der Waals surface area contributed by atoms with Crippen molar-refractivity contribution < 1.29 is 9.53 Å². The Morgan fingerprint density at radius 1 is 1.23 bits per heavy atom. The summed E-state index contributed by atoms with van der Waals surface area (Å²) in [5.41, 5.74) is 0.879. The Hall–Kier alpha value is -1.55. The maximum absolute atomic E-state index is 12.1. The molecule has 1 N–H and O–H groups in total. The van der Waals surface area contributed by atoms with Gasteiger partial charge >= 0.3 is 6.09 Å². The monoisotopic (exact) mass is 304 g/mol. The molecule has 1 aliphatic rings. The average Bonchev–Trinajstić information content (AvgIpc) is 2.70. The first-order chi connectivity index (χ1) is 10.4. The first kappa shape index (κ1) is 16.8. The van der Waals surface area contributed by atoms with Crippen molar-refractivity contribution in [1.29, 1.82) is 0 Å². The summed E-state index contributed by atoms with van der Waals surface area (Å²) in [4.78, 5) is 14.0. The van der Waals surface area contributed by atoms with E-state index in [1.165, 1.54) is 5.56 Å². The maximum atomic E-state index is 12.1. The SMILES string of the molecule is CC(C)(C)OC(=O)N1CCC[C@H](NCc2ccccc2)CC1. The zero-order valence-electron chi connectivity index (χ0n) is 14.0. The third-order valence-electron chi connectivity index (χ3n) is 3.82. The summed E-state index contributed by atoms with van der Waals surface area (Å²) in [7, 11) is 0. The molecule has 1 aromatic rings. The fourth-order valence-corrected chi connectivity index (χ4v) is 2.67. The molecule has 1 aliphatic heterocycles. The highest BCUT2D eigenvalue weighted by Gasteiger charge is 2.24. The molecule has 1 atom stereocenters. The first-order valence-corrected chi connectivity index (χ1v) is 8.19. The van der Waals surface area contributed by atoms with Crippen molar-refractivity contribution in [2.45, 2.75) is 58.2 Å². The normalized spacial score (nSPS) is 19.6. The summed E-state index contributed by atoms with van der Waals surface area (Å²) in [6.45, 7) is 8.17. The number of nitrogens with zero attached hydrogens (tertiary/aromatic N) is 1. The van der Waals surface area contributed by atoms with Crippen LogP contribution in [0.15, 0.2) is 30.3 Å². The zero-order valence-corrected chi connectivity index (χ0v) is 14.0. The Labute approximate surface area is 133 Å². The van der Waals surface area contributed by atoms with E-state index in [1.807, 2.05) is 31.7 Å². The average molecular weight is 304 g/mol. The van der Waals surface area contributed by atoms with Crippen LogP contribution in [0.25, 0.3) is 0 Å². The van der Waals surface area contributed by atoms with Gasteiger partial charge in [0.15, 0.2) is 0 Å². The highest BCUT2D eigenvalue weighted by molar-refractivity contribution is 5.68. The van der Waals surface area contributed by atoms with Crippen molar-refractivity contribution >= 4 is 6.09 Å². The molecule has 0 saturated carbocycles. The Morgan fingerprint density at radius 2 is 1.95 bits per heavy atom. The molecule has 0 aliphatic carbocycles. The molecule has 0 spiro atoms. The van der Waals surface area contributed by atoms with Gasteiger partial charge in [0, 0.05) is 25.7 Å². The van der Waals surface area contributed by atoms with Crippen LogP contribution in [0.5, 0.6) is 0 Å². The Bertz CT molecular complexity index is 468. The van der Waals surface area contributed by atoms with Gasteiger partial charge in [-0.15, -0.1) is 0 Å². The van der Waals surface area contributed by atoms with Crippen LogP contribution >= 0.6 is 0 Å². The van der Waals surface area contributed by atoms with Gasteiger partial charge in [-0.25, -0.2) is 4.79 Å². The standard InChI is InChI=1S/C18H28N2O2/c1-18(2,3)22-17(21)20-12-7-10-16(11-13-20)19-14-15-8-5-4-6-9-15/h4-6,8-9,16,19H,7,10-14H2,1-3H3/t16-/m0/s1. The highest BCUT2D eigenvalue weighted by atomic mass is 16.6. The Kier molecular flexibility index (Phi) is 5.83. The number of benzene rings is 1.